The SMILES string of the molecule is C#CC(CC)NC(=O)c1cc([N+](=O)[O-])ccc1C. The van der Waals surface area contributed by atoms with Crippen molar-refractivity contribution in [2.24, 2.45) is 0 Å². The van der Waals surface area contributed by atoms with Crippen LogP contribution in [-0.2, 0) is 0 Å². The Kier molecular flexibility index (Phi) is 4.44. The van der Waals surface area contributed by atoms with Gasteiger partial charge in [0.2, 0.25) is 0 Å². The summed E-state index contributed by atoms with van der Waals surface area (Å²) in [6.45, 7) is 3.57. The number of terminal acetylenes is 1. The van der Waals surface area contributed by atoms with Gasteiger partial charge in [-0.05, 0) is 18.9 Å². The third kappa shape index (κ3) is 3.08. The summed E-state index contributed by atoms with van der Waals surface area (Å²) in [5, 5.41) is 13.3. The molecule has 0 fully saturated rings. The zero-order valence-corrected chi connectivity index (χ0v) is 10.3. The van der Waals surface area contributed by atoms with Gasteiger partial charge in [0, 0.05) is 17.7 Å². The van der Waals surface area contributed by atoms with Crippen LogP contribution in [0.25, 0.3) is 0 Å². The highest BCUT2D eigenvalue weighted by molar-refractivity contribution is 5.96. The molecule has 0 aromatic heterocycles. The zero-order valence-electron chi connectivity index (χ0n) is 10.3. The molecule has 0 aliphatic heterocycles. The van der Waals surface area contributed by atoms with Gasteiger partial charge in [-0.25, -0.2) is 0 Å². The van der Waals surface area contributed by atoms with Crippen LogP contribution in [0.15, 0.2) is 18.2 Å². The molecule has 18 heavy (non-hydrogen) atoms. The molecule has 1 aromatic rings. The van der Waals surface area contributed by atoms with Crippen molar-refractivity contribution in [2.45, 2.75) is 26.3 Å². The van der Waals surface area contributed by atoms with Crippen LogP contribution in [0.5, 0.6) is 0 Å². The van der Waals surface area contributed by atoms with Gasteiger partial charge in [0.25, 0.3) is 11.6 Å². The molecule has 0 aliphatic carbocycles. The second kappa shape index (κ2) is 5.82. The number of amides is 1. The van der Waals surface area contributed by atoms with Crippen LogP contribution in [0.1, 0.15) is 29.3 Å². The monoisotopic (exact) mass is 246 g/mol. The van der Waals surface area contributed by atoms with Gasteiger partial charge in [0.1, 0.15) is 0 Å². The van der Waals surface area contributed by atoms with Crippen LogP contribution in [-0.4, -0.2) is 16.9 Å². The lowest BCUT2D eigenvalue weighted by Gasteiger charge is -2.11. The number of benzene rings is 1. The second-order valence-corrected chi connectivity index (χ2v) is 3.86. The van der Waals surface area contributed by atoms with E-state index in [1.165, 1.54) is 12.1 Å². The fourth-order valence-corrected chi connectivity index (χ4v) is 1.47. The number of carbonyl (C=O) groups excluding carboxylic acids is 1. The lowest BCUT2D eigenvalue weighted by atomic mass is 10.1. The van der Waals surface area contributed by atoms with Gasteiger partial charge in [-0.2, -0.15) is 0 Å². The Hall–Kier alpha value is -2.35. The minimum absolute atomic E-state index is 0.112. The lowest BCUT2D eigenvalue weighted by Crippen LogP contribution is -2.33. The molecule has 0 radical (unpaired) electrons. The van der Waals surface area contributed by atoms with E-state index in [0.29, 0.717) is 12.0 Å². The average Bonchev–Trinajstić information content (AvgIpc) is 2.35. The fraction of sp³-hybridized carbons (Fsp3) is 0.308. The van der Waals surface area contributed by atoms with Crippen LogP contribution in [0, 0.1) is 29.4 Å². The Morgan fingerprint density at radius 2 is 2.28 bits per heavy atom. The van der Waals surface area contributed by atoms with E-state index in [-0.39, 0.29) is 23.2 Å². The molecule has 0 spiro atoms. The summed E-state index contributed by atoms with van der Waals surface area (Å²) < 4.78 is 0. The molecule has 0 saturated heterocycles. The van der Waals surface area contributed by atoms with Crippen molar-refractivity contribution >= 4 is 11.6 Å². The Morgan fingerprint density at radius 3 is 2.78 bits per heavy atom. The average molecular weight is 246 g/mol. The minimum Gasteiger partial charge on any atom is -0.338 e. The van der Waals surface area contributed by atoms with Gasteiger partial charge in [-0.1, -0.05) is 18.9 Å². The highest BCUT2D eigenvalue weighted by Crippen LogP contribution is 2.17. The van der Waals surface area contributed by atoms with Crippen molar-refractivity contribution in [3.05, 3.63) is 39.4 Å². The van der Waals surface area contributed by atoms with Gasteiger partial charge < -0.3 is 5.32 Å². The van der Waals surface area contributed by atoms with E-state index in [0.717, 1.165) is 0 Å². The highest BCUT2D eigenvalue weighted by atomic mass is 16.6. The third-order valence-corrected chi connectivity index (χ3v) is 2.59. The number of hydrogen-bond donors (Lipinski definition) is 1. The number of aryl methyl sites for hydroxylation is 1. The smallest absolute Gasteiger partial charge is 0.270 e. The minimum atomic E-state index is -0.533. The van der Waals surface area contributed by atoms with Gasteiger partial charge in [-0.3, -0.25) is 14.9 Å². The van der Waals surface area contributed by atoms with Crippen molar-refractivity contribution in [3.8, 4) is 12.3 Å². The number of nitrogens with zero attached hydrogens (tertiary/aromatic N) is 1. The zero-order chi connectivity index (χ0) is 13.7. The van der Waals surface area contributed by atoms with Crippen molar-refractivity contribution in [1.82, 2.24) is 5.32 Å². The molecular formula is C13H14N2O3. The maximum Gasteiger partial charge on any atom is 0.270 e. The van der Waals surface area contributed by atoms with Crippen LogP contribution in [0.3, 0.4) is 0 Å². The fourth-order valence-electron chi connectivity index (χ4n) is 1.47. The number of nitrogens with one attached hydrogen (secondary N) is 1. The number of rotatable bonds is 4. The molecule has 1 N–H and O–H groups in total. The summed E-state index contributed by atoms with van der Waals surface area (Å²) in [7, 11) is 0. The topological polar surface area (TPSA) is 72.2 Å². The van der Waals surface area contributed by atoms with Crippen molar-refractivity contribution in [2.75, 3.05) is 0 Å². The summed E-state index contributed by atoms with van der Waals surface area (Å²) in [4.78, 5) is 22.1. The molecule has 1 rings (SSSR count). The highest BCUT2D eigenvalue weighted by Gasteiger charge is 2.16. The van der Waals surface area contributed by atoms with Crippen molar-refractivity contribution < 1.29 is 9.72 Å². The predicted molar refractivity (Wildman–Crippen MR) is 68.2 cm³/mol. The summed E-state index contributed by atoms with van der Waals surface area (Å²) in [6, 6.07) is 3.80. The summed E-state index contributed by atoms with van der Waals surface area (Å²) in [6.07, 6.45) is 5.86. The molecule has 0 aliphatic rings. The van der Waals surface area contributed by atoms with E-state index in [4.69, 9.17) is 6.42 Å². The van der Waals surface area contributed by atoms with Gasteiger partial charge in [0.15, 0.2) is 0 Å². The first-order valence-corrected chi connectivity index (χ1v) is 5.51. The first kappa shape index (κ1) is 13.7. The molecule has 0 heterocycles. The predicted octanol–water partition coefficient (Wildman–Crippen LogP) is 2.04. The number of nitro groups is 1. The van der Waals surface area contributed by atoms with E-state index in [9.17, 15) is 14.9 Å². The molecule has 1 atom stereocenters. The first-order valence-electron chi connectivity index (χ1n) is 5.51. The maximum atomic E-state index is 11.9. The third-order valence-electron chi connectivity index (χ3n) is 2.59. The molecule has 94 valence electrons. The lowest BCUT2D eigenvalue weighted by molar-refractivity contribution is -0.384. The van der Waals surface area contributed by atoms with Crippen molar-refractivity contribution in [3.63, 3.8) is 0 Å². The molecule has 5 heteroatoms. The van der Waals surface area contributed by atoms with E-state index in [1.807, 2.05) is 6.92 Å². The molecule has 1 aromatic carbocycles. The molecule has 1 amide bonds. The van der Waals surface area contributed by atoms with Crippen LogP contribution < -0.4 is 5.32 Å². The van der Waals surface area contributed by atoms with Gasteiger partial charge in [0.05, 0.1) is 11.0 Å². The Labute approximate surface area is 105 Å². The molecule has 0 saturated carbocycles. The maximum absolute atomic E-state index is 11.9. The van der Waals surface area contributed by atoms with E-state index in [2.05, 4.69) is 11.2 Å². The summed E-state index contributed by atoms with van der Waals surface area (Å²) in [5.74, 6) is 2.06. The van der Waals surface area contributed by atoms with E-state index < -0.39 is 4.92 Å². The Balaban J connectivity index is 3.02. The van der Waals surface area contributed by atoms with Crippen LogP contribution in [0.2, 0.25) is 0 Å². The largest absolute Gasteiger partial charge is 0.338 e. The summed E-state index contributed by atoms with van der Waals surface area (Å²) >= 11 is 0. The molecular weight excluding hydrogens is 232 g/mol. The number of nitro benzene ring substituents is 1. The van der Waals surface area contributed by atoms with Gasteiger partial charge >= 0.3 is 0 Å². The normalized spacial score (nSPS) is 11.4. The van der Waals surface area contributed by atoms with Crippen molar-refractivity contribution in [1.29, 1.82) is 0 Å². The van der Waals surface area contributed by atoms with Crippen LogP contribution >= 0.6 is 0 Å². The standard InChI is InChI=1S/C13H14N2O3/c1-4-10(5-2)14-13(16)12-8-11(15(17)18)7-6-9(12)3/h1,6-8,10H,5H2,2-3H3,(H,14,16). The summed E-state index contributed by atoms with van der Waals surface area (Å²) in [5.41, 5.74) is 0.836. The Bertz CT molecular complexity index is 517. The van der Waals surface area contributed by atoms with E-state index in [1.54, 1.807) is 13.0 Å². The van der Waals surface area contributed by atoms with Crippen LogP contribution in [0.4, 0.5) is 5.69 Å². The quantitative estimate of drug-likeness (QED) is 0.502. The van der Waals surface area contributed by atoms with Gasteiger partial charge in [-0.15, -0.1) is 6.42 Å². The van der Waals surface area contributed by atoms with E-state index >= 15 is 0 Å². The number of carbonyl (C=O) groups is 1. The second-order valence-electron chi connectivity index (χ2n) is 3.86. The number of hydrogen-bond acceptors (Lipinski definition) is 3. The Morgan fingerprint density at radius 1 is 1.61 bits per heavy atom. The molecule has 1 unspecified atom stereocenters. The molecule has 5 nitrogen and oxygen atoms in total. The first-order chi connectivity index (χ1) is 8.49. The number of non-ortho nitro benzene ring substituents is 1. The molecule has 0 bridgehead atoms.